The summed E-state index contributed by atoms with van der Waals surface area (Å²) in [4.78, 5) is 0. The molecule has 0 saturated heterocycles. The van der Waals surface area contributed by atoms with Gasteiger partial charge in [0.2, 0.25) is 0 Å². The van der Waals surface area contributed by atoms with Crippen molar-refractivity contribution >= 4 is 0 Å². The smallest absolute Gasteiger partial charge is 1.00 e. The fourth-order valence-corrected chi connectivity index (χ4v) is 3.13. The van der Waals surface area contributed by atoms with E-state index in [0.29, 0.717) is 23.7 Å². The van der Waals surface area contributed by atoms with E-state index in [1.54, 1.807) is 0 Å². The van der Waals surface area contributed by atoms with Crippen molar-refractivity contribution in [3.8, 4) is 0 Å². The summed E-state index contributed by atoms with van der Waals surface area (Å²) in [6, 6.07) is 0. The zero-order valence-corrected chi connectivity index (χ0v) is 23.9. The van der Waals surface area contributed by atoms with Crippen molar-refractivity contribution in [1.29, 1.82) is 0 Å². The van der Waals surface area contributed by atoms with Crippen LogP contribution in [0.5, 0.6) is 0 Å². The van der Waals surface area contributed by atoms with Crippen LogP contribution in [0.2, 0.25) is 0 Å². The van der Waals surface area contributed by atoms with Crippen LogP contribution in [0.1, 0.15) is 68.2 Å². The van der Waals surface area contributed by atoms with E-state index in [1.807, 2.05) is 0 Å². The normalized spacial score (nSPS) is 15.5. The molecular weight excluding hydrogens is 603 g/mol. The molecule has 3 heteroatoms. The molecule has 0 N–H and O–H groups in total. The molecule has 0 aromatic heterocycles. The fraction of sp³-hybridized carbons (Fsp3) is 0.636. The Morgan fingerprint density at radius 1 is 0.600 bits per heavy atom. The molecule has 0 aromatic carbocycles. The molecule has 0 spiro atoms. The molecule has 0 bridgehead atoms. The van der Waals surface area contributed by atoms with E-state index in [9.17, 15) is 0 Å². The van der Waals surface area contributed by atoms with Gasteiger partial charge < -0.3 is 34.0 Å². The standard InChI is InChI=1S/2C11H17.2BrH.Hf/c2*1-8(2)10-6-5-7-11(10)9(3)4;;;/h2*6,8-9H,5H2,1-4H3;2*1H;/q2*-1;;;+4/p-2. The first kappa shape index (κ1) is 30.5. The first-order chi connectivity index (χ1) is 10.3. The molecule has 2 aliphatic rings. The predicted octanol–water partition coefficient (Wildman–Crippen LogP) is 0.722. The van der Waals surface area contributed by atoms with Crippen molar-refractivity contribution < 1.29 is 59.8 Å². The SMILES string of the molecule is CC(C)C1=[C-]CC=C1C(C)C.CC(C)C1=[C-]CC=C1C(C)C.[Br-].[Br-].[Hf+4]. The molecule has 0 nitrogen and oxygen atoms in total. The summed E-state index contributed by atoms with van der Waals surface area (Å²) in [6.45, 7) is 18.0. The molecule has 0 heterocycles. The summed E-state index contributed by atoms with van der Waals surface area (Å²) >= 11 is 0. The minimum Gasteiger partial charge on any atom is -1.00 e. The van der Waals surface area contributed by atoms with E-state index in [2.05, 4.69) is 79.7 Å². The second kappa shape index (κ2) is 14.8. The third-order valence-electron chi connectivity index (χ3n) is 4.25. The van der Waals surface area contributed by atoms with E-state index in [0.717, 1.165) is 12.8 Å². The quantitative estimate of drug-likeness (QED) is 0.316. The van der Waals surface area contributed by atoms with Crippen molar-refractivity contribution in [3.05, 3.63) is 46.6 Å². The van der Waals surface area contributed by atoms with Crippen LogP contribution in [0.25, 0.3) is 0 Å². The van der Waals surface area contributed by atoms with E-state index in [4.69, 9.17) is 0 Å². The van der Waals surface area contributed by atoms with Crippen LogP contribution in [0.15, 0.2) is 34.4 Å². The van der Waals surface area contributed by atoms with Crippen molar-refractivity contribution in [2.24, 2.45) is 23.7 Å². The zero-order chi connectivity index (χ0) is 16.9. The van der Waals surface area contributed by atoms with Crippen LogP contribution in [0.4, 0.5) is 0 Å². The summed E-state index contributed by atoms with van der Waals surface area (Å²) in [5, 5.41) is 0. The second-order valence-electron chi connectivity index (χ2n) is 7.53. The number of rotatable bonds is 4. The van der Waals surface area contributed by atoms with Gasteiger partial charge in [-0.1, -0.05) is 79.1 Å². The molecule has 140 valence electrons. The predicted molar refractivity (Wildman–Crippen MR) is 98.3 cm³/mol. The Kier molecular flexibility index (Phi) is 18.1. The number of hydrogen-bond acceptors (Lipinski definition) is 0. The molecular formula is C22H34Br2Hf. The van der Waals surface area contributed by atoms with E-state index >= 15 is 0 Å². The van der Waals surface area contributed by atoms with E-state index in [-0.39, 0.29) is 59.8 Å². The maximum Gasteiger partial charge on any atom is 4.00 e. The Morgan fingerprint density at radius 2 is 0.880 bits per heavy atom. The third-order valence-corrected chi connectivity index (χ3v) is 4.25. The summed E-state index contributed by atoms with van der Waals surface area (Å²) in [7, 11) is 0. The fourth-order valence-electron chi connectivity index (χ4n) is 3.13. The van der Waals surface area contributed by atoms with Gasteiger partial charge in [0.15, 0.2) is 0 Å². The van der Waals surface area contributed by atoms with Gasteiger partial charge in [-0.15, -0.1) is 12.8 Å². The summed E-state index contributed by atoms with van der Waals surface area (Å²) < 4.78 is 0. The van der Waals surface area contributed by atoms with Crippen LogP contribution in [0, 0.1) is 35.8 Å². The summed E-state index contributed by atoms with van der Waals surface area (Å²) in [5.74, 6) is 2.63. The summed E-state index contributed by atoms with van der Waals surface area (Å²) in [5.41, 5.74) is 5.92. The Morgan fingerprint density at radius 3 is 1.04 bits per heavy atom. The molecule has 0 aromatic rings. The van der Waals surface area contributed by atoms with Crippen LogP contribution >= 0.6 is 0 Å². The van der Waals surface area contributed by atoms with Crippen molar-refractivity contribution in [3.63, 3.8) is 0 Å². The Labute approximate surface area is 197 Å². The van der Waals surface area contributed by atoms with Gasteiger partial charge in [0, 0.05) is 0 Å². The maximum absolute atomic E-state index is 3.41. The maximum atomic E-state index is 3.41. The average molecular weight is 637 g/mol. The zero-order valence-electron chi connectivity index (χ0n) is 17.1. The second-order valence-corrected chi connectivity index (χ2v) is 7.53. The van der Waals surface area contributed by atoms with Gasteiger partial charge in [-0.25, -0.2) is 11.1 Å². The van der Waals surface area contributed by atoms with Crippen molar-refractivity contribution in [2.75, 3.05) is 0 Å². The van der Waals surface area contributed by atoms with Gasteiger partial charge in [-0.2, -0.15) is 23.3 Å². The molecule has 0 radical (unpaired) electrons. The molecule has 2 aliphatic carbocycles. The number of allylic oxidation sites excluding steroid dienone is 8. The molecule has 0 saturated carbocycles. The molecule has 0 unspecified atom stereocenters. The van der Waals surface area contributed by atoms with Crippen LogP contribution in [-0.2, 0) is 25.8 Å². The van der Waals surface area contributed by atoms with Crippen LogP contribution in [-0.4, -0.2) is 0 Å². The average Bonchev–Trinajstić information content (AvgIpc) is 3.08. The summed E-state index contributed by atoms with van der Waals surface area (Å²) in [6.07, 6.45) is 13.5. The van der Waals surface area contributed by atoms with Gasteiger partial charge in [0.1, 0.15) is 0 Å². The molecule has 2 rings (SSSR count). The van der Waals surface area contributed by atoms with Gasteiger partial charge in [-0.3, -0.25) is 12.2 Å². The largest absolute Gasteiger partial charge is 4.00 e. The van der Waals surface area contributed by atoms with Crippen molar-refractivity contribution in [1.82, 2.24) is 0 Å². The van der Waals surface area contributed by atoms with Gasteiger partial charge in [-0.05, 0) is 0 Å². The Balaban J connectivity index is -0.000000346. The van der Waals surface area contributed by atoms with Crippen molar-refractivity contribution in [2.45, 2.75) is 68.2 Å². The van der Waals surface area contributed by atoms with E-state index < -0.39 is 0 Å². The molecule has 25 heavy (non-hydrogen) atoms. The van der Waals surface area contributed by atoms with Gasteiger partial charge in [0.25, 0.3) is 0 Å². The number of halogens is 2. The molecule has 0 aliphatic heterocycles. The third kappa shape index (κ3) is 9.51. The first-order valence-corrected chi connectivity index (χ1v) is 8.87. The minimum absolute atomic E-state index is 0. The molecule has 0 atom stereocenters. The number of hydrogen-bond donors (Lipinski definition) is 0. The van der Waals surface area contributed by atoms with Crippen LogP contribution < -0.4 is 34.0 Å². The van der Waals surface area contributed by atoms with Crippen LogP contribution in [0.3, 0.4) is 0 Å². The monoisotopic (exact) mass is 636 g/mol. The van der Waals surface area contributed by atoms with E-state index in [1.165, 1.54) is 22.3 Å². The van der Waals surface area contributed by atoms with Gasteiger partial charge >= 0.3 is 25.8 Å². The molecule has 0 fully saturated rings. The van der Waals surface area contributed by atoms with Gasteiger partial charge in [0.05, 0.1) is 0 Å². The first-order valence-electron chi connectivity index (χ1n) is 8.87. The topological polar surface area (TPSA) is 0 Å². The Hall–Kier alpha value is 0.790. The Bertz CT molecular complexity index is 402. The molecule has 0 amide bonds. The minimum atomic E-state index is 0.